The van der Waals surface area contributed by atoms with Gasteiger partial charge in [0.05, 0.1) is 25.3 Å². The normalized spacial score (nSPS) is 10.9. The molecule has 3 aromatic carbocycles. The lowest BCUT2D eigenvalue weighted by molar-refractivity contribution is 0.355. The van der Waals surface area contributed by atoms with Crippen LogP contribution in [0.2, 0.25) is 0 Å². The molecule has 2 aromatic heterocycles. The first-order valence-electron chi connectivity index (χ1n) is 9.89. The van der Waals surface area contributed by atoms with E-state index in [-0.39, 0.29) is 0 Å². The van der Waals surface area contributed by atoms with Crippen LogP contribution >= 0.6 is 0 Å². The number of benzene rings is 3. The van der Waals surface area contributed by atoms with Gasteiger partial charge in [0.25, 0.3) is 0 Å². The zero-order valence-electron chi connectivity index (χ0n) is 17.2. The summed E-state index contributed by atoms with van der Waals surface area (Å²) in [6, 6.07) is 23.8. The van der Waals surface area contributed by atoms with Crippen molar-refractivity contribution in [2.45, 2.75) is 0 Å². The van der Waals surface area contributed by atoms with Crippen LogP contribution in [0.1, 0.15) is 0 Å². The van der Waals surface area contributed by atoms with E-state index in [1.54, 1.807) is 26.6 Å². The third kappa shape index (κ3) is 3.51. The van der Waals surface area contributed by atoms with Gasteiger partial charge in [0.2, 0.25) is 0 Å². The average molecular weight is 408 g/mol. The summed E-state index contributed by atoms with van der Waals surface area (Å²) in [7, 11) is 3.23. The molecule has 31 heavy (non-hydrogen) atoms. The molecule has 0 saturated carbocycles. The Bertz CT molecular complexity index is 1380. The third-order valence-corrected chi connectivity index (χ3v) is 5.22. The van der Waals surface area contributed by atoms with Gasteiger partial charge in [-0.25, -0.2) is 0 Å². The van der Waals surface area contributed by atoms with E-state index in [0.717, 1.165) is 38.7 Å². The number of nitrogens with zero attached hydrogens (tertiary/aromatic N) is 2. The van der Waals surface area contributed by atoms with Crippen LogP contribution in [0, 0.1) is 0 Å². The largest absolute Gasteiger partial charge is 0.493 e. The molecule has 5 rings (SSSR count). The molecule has 0 aliphatic rings. The molecule has 5 nitrogen and oxygen atoms in total. The molecule has 0 aliphatic carbocycles. The van der Waals surface area contributed by atoms with Crippen LogP contribution in [0.3, 0.4) is 0 Å². The Morgan fingerprint density at radius 2 is 1.39 bits per heavy atom. The topological polar surface area (TPSA) is 53.5 Å². The van der Waals surface area contributed by atoms with Crippen LogP contribution in [0.25, 0.3) is 32.9 Å². The maximum atomic E-state index is 6.49. The minimum absolute atomic E-state index is 0.624. The Labute approximate surface area is 179 Å². The molecule has 0 N–H and O–H groups in total. The predicted octanol–water partition coefficient (Wildman–Crippen LogP) is 6.26. The smallest absolute Gasteiger partial charge is 0.162 e. The highest BCUT2D eigenvalue weighted by Crippen LogP contribution is 2.40. The molecule has 0 radical (unpaired) electrons. The maximum absolute atomic E-state index is 6.49. The Kier molecular flexibility index (Phi) is 4.84. The molecule has 5 heteroatoms. The second-order valence-corrected chi connectivity index (χ2v) is 7.05. The van der Waals surface area contributed by atoms with Gasteiger partial charge < -0.3 is 14.2 Å². The quantitative estimate of drug-likeness (QED) is 0.344. The number of fused-ring (bicyclic) bond motifs is 2. The van der Waals surface area contributed by atoms with Crippen molar-refractivity contribution in [3.63, 3.8) is 0 Å². The van der Waals surface area contributed by atoms with Gasteiger partial charge >= 0.3 is 0 Å². The lowest BCUT2D eigenvalue weighted by atomic mass is 10.0. The Morgan fingerprint density at radius 3 is 2.19 bits per heavy atom. The summed E-state index contributed by atoms with van der Waals surface area (Å²) in [6.45, 7) is 0. The van der Waals surface area contributed by atoms with Gasteiger partial charge in [-0.05, 0) is 35.9 Å². The van der Waals surface area contributed by atoms with Gasteiger partial charge in [-0.2, -0.15) is 0 Å². The number of rotatable bonds is 5. The van der Waals surface area contributed by atoms with E-state index in [1.165, 1.54) is 0 Å². The van der Waals surface area contributed by atoms with Crippen molar-refractivity contribution < 1.29 is 14.2 Å². The van der Waals surface area contributed by atoms with Crippen LogP contribution in [0.4, 0.5) is 0 Å². The van der Waals surface area contributed by atoms with Gasteiger partial charge in [0.15, 0.2) is 11.5 Å². The van der Waals surface area contributed by atoms with Crippen LogP contribution < -0.4 is 14.2 Å². The summed E-state index contributed by atoms with van der Waals surface area (Å²) in [6.07, 6.45) is 3.53. The second kappa shape index (κ2) is 7.95. The van der Waals surface area contributed by atoms with Gasteiger partial charge in [-0.3, -0.25) is 9.97 Å². The van der Waals surface area contributed by atoms with E-state index in [4.69, 9.17) is 14.2 Å². The van der Waals surface area contributed by atoms with Crippen molar-refractivity contribution in [2.75, 3.05) is 14.2 Å². The molecular weight excluding hydrogens is 388 g/mol. The molecule has 152 valence electrons. The number of hydrogen-bond acceptors (Lipinski definition) is 5. The highest BCUT2D eigenvalue weighted by molar-refractivity contribution is 5.91. The van der Waals surface area contributed by atoms with Gasteiger partial charge in [0, 0.05) is 34.8 Å². The summed E-state index contributed by atoms with van der Waals surface area (Å²) < 4.78 is 17.4. The van der Waals surface area contributed by atoms with Crippen LogP contribution in [0.15, 0.2) is 85.2 Å². The summed E-state index contributed by atoms with van der Waals surface area (Å²) in [5, 5.41) is 1.85. The summed E-state index contributed by atoms with van der Waals surface area (Å²) in [4.78, 5) is 8.98. The first-order chi connectivity index (χ1) is 15.3. The minimum atomic E-state index is 0.624. The fraction of sp³-hybridized carbons (Fsp3) is 0.0769. The summed E-state index contributed by atoms with van der Waals surface area (Å²) in [5.41, 5.74) is 3.71. The highest BCUT2D eigenvalue weighted by Gasteiger charge is 2.14. The SMILES string of the molecule is COc1cc2nccc(Oc3cc4cccnc4cc3-c3ccccc3)c2cc1OC. The predicted molar refractivity (Wildman–Crippen MR) is 122 cm³/mol. The first kappa shape index (κ1) is 18.9. The molecule has 0 aliphatic heterocycles. The third-order valence-electron chi connectivity index (χ3n) is 5.22. The molecule has 0 spiro atoms. The summed E-state index contributed by atoms with van der Waals surface area (Å²) >= 11 is 0. The highest BCUT2D eigenvalue weighted by atomic mass is 16.5. The summed E-state index contributed by atoms with van der Waals surface area (Å²) in [5.74, 6) is 2.68. The lowest BCUT2D eigenvalue weighted by Gasteiger charge is -2.15. The molecule has 0 bridgehead atoms. The zero-order chi connectivity index (χ0) is 21.2. The fourth-order valence-corrected chi connectivity index (χ4v) is 3.68. The van der Waals surface area contributed by atoms with E-state index in [1.807, 2.05) is 54.6 Å². The Balaban J connectivity index is 1.69. The van der Waals surface area contributed by atoms with Crippen molar-refractivity contribution in [2.24, 2.45) is 0 Å². The van der Waals surface area contributed by atoms with E-state index < -0.39 is 0 Å². The monoisotopic (exact) mass is 408 g/mol. The molecular formula is C26H20N2O3. The number of aromatic nitrogens is 2. The van der Waals surface area contributed by atoms with E-state index in [9.17, 15) is 0 Å². The molecule has 0 amide bonds. The van der Waals surface area contributed by atoms with E-state index >= 15 is 0 Å². The molecule has 0 fully saturated rings. The Hall–Kier alpha value is -4.12. The van der Waals surface area contributed by atoms with Crippen molar-refractivity contribution >= 4 is 21.8 Å². The zero-order valence-corrected chi connectivity index (χ0v) is 17.2. The van der Waals surface area contributed by atoms with Crippen molar-refractivity contribution in [3.8, 4) is 34.1 Å². The van der Waals surface area contributed by atoms with Gasteiger partial charge in [-0.1, -0.05) is 36.4 Å². The van der Waals surface area contributed by atoms with E-state index in [2.05, 4.69) is 28.2 Å². The lowest BCUT2D eigenvalue weighted by Crippen LogP contribution is -1.94. The first-order valence-corrected chi connectivity index (χ1v) is 9.89. The second-order valence-electron chi connectivity index (χ2n) is 7.05. The van der Waals surface area contributed by atoms with Crippen LogP contribution in [-0.2, 0) is 0 Å². The standard InChI is InChI=1S/C26H20N2O3/c1-29-25-15-20-22(16-26(25)30-2)28-12-10-23(20)31-24-13-18-9-6-11-27-21(18)14-19(24)17-7-4-3-5-8-17/h3-16H,1-2H3. The molecule has 2 heterocycles. The number of hydrogen-bond donors (Lipinski definition) is 0. The van der Waals surface area contributed by atoms with Gasteiger partial charge in [-0.15, -0.1) is 0 Å². The molecule has 5 aromatic rings. The number of methoxy groups -OCH3 is 2. The molecule has 0 unspecified atom stereocenters. The van der Waals surface area contributed by atoms with Crippen LogP contribution in [-0.4, -0.2) is 24.2 Å². The van der Waals surface area contributed by atoms with Crippen molar-refractivity contribution in [3.05, 3.63) is 85.2 Å². The minimum Gasteiger partial charge on any atom is -0.493 e. The average Bonchev–Trinajstić information content (AvgIpc) is 2.83. The maximum Gasteiger partial charge on any atom is 0.162 e. The Morgan fingerprint density at radius 1 is 0.613 bits per heavy atom. The van der Waals surface area contributed by atoms with E-state index in [0.29, 0.717) is 17.2 Å². The van der Waals surface area contributed by atoms with Gasteiger partial charge in [0.1, 0.15) is 11.5 Å². The number of pyridine rings is 2. The van der Waals surface area contributed by atoms with Crippen LogP contribution in [0.5, 0.6) is 23.0 Å². The molecule has 0 atom stereocenters. The molecule has 0 saturated heterocycles. The van der Waals surface area contributed by atoms with Crippen molar-refractivity contribution in [1.82, 2.24) is 9.97 Å². The fourth-order valence-electron chi connectivity index (χ4n) is 3.68. The van der Waals surface area contributed by atoms with Crippen molar-refractivity contribution in [1.29, 1.82) is 0 Å². The number of ether oxygens (including phenoxy) is 3.